The normalized spacial score (nSPS) is 15.3. The minimum atomic E-state index is 0.265. The Morgan fingerprint density at radius 3 is 2.65 bits per heavy atom. The third kappa shape index (κ3) is 4.21. The molecule has 3 rings (SSSR count). The van der Waals surface area contributed by atoms with Crippen molar-refractivity contribution in [1.82, 2.24) is 9.27 Å². The molecule has 1 saturated heterocycles. The van der Waals surface area contributed by atoms with Crippen molar-refractivity contribution in [2.24, 2.45) is 0 Å². The van der Waals surface area contributed by atoms with Gasteiger partial charge in [-0.3, -0.25) is 4.90 Å². The summed E-state index contributed by atoms with van der Waals surface area (Å²) in [5, 5.41) is 13.3. The quantitative estimate of drug-likeness (QED) is 0.899. The van der Waals surface area contributed by atoms with E-state index in [1.54, 1.807) is 0 Å². The highest BCUT2D eigenvalue weighted by atomic mass is 35.5. The molecule has 120 valence electrons. The second kappa shape index (κ2) is 7.75. The molecular formula is C16H17ClN4OS. The molecule has 0 amide bonds. The van der Waals surface area contributed by atoms with Crippen molar-refractivity contribution in [3.8, 4) is 6.07 Å². The molecule has 1 aromatic heterocycles. The molecule has 23 heavy (non-hydrogen) atoms. The maximum atomic E-state index is 9.06. The molecule has 2 heterocycles. The van der Waals surface area contributed by atoms with Gasteiger partial charge in [-0.05, 0) is 22.7 Å². The number of hydrogen-bond donors (Lipinski definition) is 1. The highest BCUT2D eigenvalue weighted by molar-refractivity contribution is 7.10. The van der Waals surface area contributed by atoms with E-state index in [1.165, 1.54) is 17.1 Å². The monoisotopic (exact) mass is 348 g/mol. The Hall–Kier alpha value is -1.65. The first-order valence-electron chi connectivity index (χ1n) is 7.43. The number of nitrogens with one attached hydrogen (secondary N) is 1. The number of aromatic nitrogens is 1. The Morgan fingerprint density at radius 1 is 1.26 bits per heavy atom. The summed E-state index contributed by atoms with van der Waals surface area (Å²) < 4.78 is 9.35. The van der Waals surface area contributed by atoms with Gasteiger partial charge in [0.1, 0.15) is 16.6 Å². The summed E-state index contributed by atoms with van der Waals surface area (Å²) in [5.41, 5.74) is 2.87. The van der Waals surface area contributed by atoms with Crippen LogP contribution in [-0.4, -0.2) is 35.6 Å². The van der Waals surface area contributed by atoms with Crippen LogP contribution >= 0.6 is 23.1 Å². The molecule has 7 heteroatoms. The van der Waals surface area contributed by atoms with E-state index in [0.29, 0.717) is 12.1 Å². The zero-order valence-electron chi connectivity index (χ0n) is 12.6. The summed E-state index contributed by atoms with van der Waals surface area (Å²) in [7, 11) is 0. The molecule has 0 saturated carbocycles. The molecule has 2 aromatic rings. The fraction of sp³-hybridized carbons (Fsp3) is 0.375. The van der Waals surface area contributed by atoms with Gasteiger partial charge >= 0.3 is 0 Å². The number of nitrogens with zero attached hydrogens (tertiary/aromatic N) is 3. The molecule has 1 aliphatic rings. The van der Waals surface area contributed by atoms with Gasteiger partial charge in [-0.1, -0.05) is 35.9 Å². The van der Waals surface area contributed by atoms with Crippen LogP contribution in [0.3, 0.4) is 0 Å². The van der Waals surface area contributed by atoms with E-state index in [0.717, 1.165) is 43.4 Å². The summed E-state index contributed by atoms with van der Waals surface area (Å²) in [6.45, 7) is 5.23. The number of nitriles is 1. The summed E-state index contributed by atoms with van der Waals surface area (Å²) >= 11 is 7.08. The topological polar surface area (TPSA) is 61.2 Å². The van der Waals surface area contributed by atoms with Crippen molar-refractivity contribution in [3.05, 3.63) is 46.1 Å². The third-order valence-corrected chi connectivity index (χ3v) is 4.93. The van der Waals surface area contributed by atoms with Crippen LogP contribution in [0.4, 0.5) is 5.00 Å². The van der Waals surface area contributed by atoms with E-state index < -0.39 is 0 Å². The largest absolute Gasteiger partial charge is 0.379 e. The van der Waals surface area contributed by atoms with Gasteiger partial charge in [0.25, 0.3) is 0 Å². The summed E-state index contributed by atoms with van der Waals surface area (Å²) in [4.78, 5) is 2.40. The van der Waals surface area contributed by atoms with Crippen molar-refractivity contribution in [1.29, 1.82) is 5.26 Å². The standard InChI is InChI=1S/C16H17ClN4OS/c17-15-14(9-18)16(23-20-15)19-10-12-1-3-13(4-2-12)11-21-5-7-22-8-6-21/h1-4,19H,5-8,10-11H2. The van der Waals surface area contributed by atoms with Gasteiger partial charge in [0.15, 0.2) is 5.15 Å². The highest BCUT2D eigenvalue weighted by Crippen LogP contribution is 2.27. The van der Waals surface area contributed by atoms with E-state index in [-0.39, 0.29) is 5.15 Å². The number of rotatable bonds is 5. The van der Waals surface area contributed by atoms with Crippen molar-refractivity contribution in [2.45, 2.75) is 13.1 Å². The molecule has 0 radical (unpaired) electrons. The van der Waals surface area contributed by atoms with Crippen LogP contribution in [0.5, 0.6) is 0 Å². The molecule has 1 aliphatic heterocycles. The van der Waals surface area contributed by atoms with E-state index in [4.69, 9.17) is 21.6 Å². The zero-order chi connectivity index (χ0) is 16.1. The minimum absolute atomic E-state index is 0.265. The second-order valence-electron chi connectivity index (χ2n) is 5.35. The number of benzene rings is 1. The number of morpholine rings is 1. The fourth-order valence-electron chi connectivity index (χ4n) is 2.45. The Labute approximate surface area is 144 Å². The Kier molecular flexibility index (Phi) is 5.47. The molecule has 0 unspecified atom stereocenters. The van der Waals surface area contributed by atoms with E-state index in [9.17, 15) is 0 Å². The Balaban J connectivity index is 1.56. The molecule has 1 fully saturated rings. The predicted octanol–water partition coefficient (Wildman–Crippen LogP) is 3.11. The van der Waals surface area contributed by atoms with Crippen molar-refractivity contribution in [2.75, 3.05) is 31.6 Å². The number of anilines is 1. The van der Waals surface area contributed by atoms with Crippen LogP contribution in [0.1, 0.15) is 16.7 Å². The average molecular weight is 349 g/mol. The van der Waals surface area contributed by atoms with Gasteiger partial charge in [-0.2, -0.15) is 9.64 Å². The number of ether oxygens (including phenoxy) is 1. The number of halogens is 1. The van der Waals surface area contributed by atoms with Crippen molar-refractivity contribution >= 4 is 28.1 Å². The first-order chi connectivity index (χ1) is 11.3. The van der Waals surface area contributed by atoms with Gasteiger partial charge in [0, 0.05) is 26.2 Å². The number of hydrogen-bond acceptors (Lipinski definition) is 6. The van der Waals surface area contributed by atoms with E-state index in [1.807, 2.05) is 0 Å². The molecule has 0 aliphatic carbocycles. The molecule has 0 atom stereocenters. The smallest absolute Gasteiger partial charge is 0.162 e. The average Bonchev–Trinajstić information content (AvgIpc) is 2.95. The molecule has 5 nitrogen and oxygen atoms in total. The van der Waals surface area contributed by atoms with Gasteiger partial charge in [0.2, 0.25) is 0 Å². The van der Waals surface area contributed by atoms with Crippen LogP contribution in [0.15, 0.2) is 24.3 Å². The lowest BCUT2D eigenvalue weighted by Crippen LogP contribution is -2.35. The van der Waals surface area contributed by atoms with Gasteiger partial charge in [0.05, 0.1) is 13.2 Å². The first-order valence-corrected chi connectivity index (χ1v) is 8.58. The zero-order valence-corrected chi connectivity index (χ0v) is 14.2. The van der Waals surface area contributed by atoms with Crippen LogP contribution in [0.25, 0.3) is 0 Å². The lowest BCUT2D eigenvalue weighted by molar-refractivity contribution is 0.0342. The van der Waals surface area contributed by atoms with Gasteiger partial charge in [-0.15, -0.1) is 0 Å². The van der Waals surface area contributed by atoms with E-state index in [2.05, 4.69) is 44.9 Å². The minimum Gasteiger partial charge on any atom is -0.379 e. The fourth-order valence-corrected chi connectivity index (χ4v) is 3.38. The Bertz CT molecular complexity index is 689. The third-order valence-electron chi connectivity index (χ3n) is 3.75. The molecule has 0 spiro atoms. The first kappa shape index (κ1) is 16.2. The van der Waals surface area contributed by atoms with Crippen molar-refractivity contribution < 1.29 is 4.74 Å². The van der Waals surface area contributed by atoms with Crippen LogP contribution < -0.4 is 5.32 Å². The highest BCUT2D eigenvalue weighted by Gasteiger charge is 2.12. The Morgan fingerprint density at radius 2 is 1.96 bits per heavy atom. The second-order valence-corrected chi connectivity index (χ2v) is 6.48. The van der Waals surface area contributed by atoms with Gasteiger partial charge < -0.3 is 10.1 Å². The lowest BCUT2D eigenvalue weighted by atomic mass is 10.1. The van der Waals surface area contributed by atoms with E-state index >= 15 is 0 Å². The SMILES string of the molecule is N#Cc1c(Cl)nsc1NCc1ccc(CN2CCOCC2)cc1. The molecule has 0 bridgehead atoms. The van der Waals surface area contributed by atoms with Gasteiger partial charge in [-0.25, -0.2) is 0 Å². The maximum absolute atomic E-state index is 9.06. The predicted molar refractivity (Wildman–Crippen MR) is 91.7 cm³/mol. The summed E-state index contributed by atoms with van der Waals surface area (Å²) in [6.07, 6.45) is 0. The molecular weight excluding hydrogens is 332 g/mol. The van der Waals surface area contributed by atoms with Crippen LogP contribution in [0, 0.1) is 11.3 Å². The van der Waals surface area contributed by atoms with Crippen molar-refractivity contribution in [3.63, 3.8) is 0 Å². The van der Waals surface area contributed by atoms with Crippen LogP contribution in [-0.2, 0) is 17.8 Å². The molecule has 1 N–H and O–H groups in total. The summed E-state index contributed by atoms with van der Waals surface area (Å²) in [5.74, 6) is 0. The molecule has 1 aromatic carbocycles. The van der Waals surface area contributed by atoms with Crippen LogP contribution in [0.2, 0.25) is 5.15 Å². The lowest BCUT2D eigenvalue weighted by Gasteiger charge is -2.26. The maximum Gasteiger partial charge on any atom is 0.162 e. The summed E-state index contributed by atoms with van der Waals surface area (Å²) in [6, 6.07) is 10.6.